The van der Waals surface area contributed by atoms with Crippen molar-refractivity contribution in [1.29, 1.82) is 0 Å². The van der Waals surface area contributed by atoms with Crippen molar-refractivity contribution in [2.45, 2.75) is 6.54 Å². The van der Waals surface area contributed by atoms with E-state index in [0.29, 0.717) is 0 Å². The first kappa shape index (κ1) is 9.65. The van der Waals surface area contributed by atoms with Crippen LogP contribution in [0.15, 0.2) is 42.6 Å². The zero-order valence-corrected chi connectivity index (χ0v) is 8.77. The fraction of sp³-hybridized carbons (Fsp3) is 0.167. The summed E-state index contributed by atoms with van der Waals surface area (Å²) in [5, 5.41) is 3.31. The molecule has 2 aromatic rings. The monoisotopic (exact) mass is 201 g/mol. The lowest BCUT2D eigenvalue weighted by atomic mass is 10.2. The fourth-order valence-electron chi connectivity index (χ4n) is 1.52. The predicted octanol–water partition coefficient (Wildman–Crippen LogP) is 2.22. The van der Waals surface area contributed by atoms with Gasteiger partial charge in [0.05, 0.1) is 17.9 Å². The molecule has 3 N–H and O–H groups in total. The van der Waals surface area contributed by atoms with Crippen LogP contribution in [0.3, 0.4) is 0 Å². The van der Waals surface area contributed by atoms with Gasteiger partial charge in [-0.1, -0.05) is 12.1 Å². The van der Waals surface area contributed by atoms with Crippen LogP contribution in [0.1, 0.15) is 5.69 Å². The zero-order chi connectivity index (χ0) is 10.7. The van der Waals surface area contributed by atoms with Gasteiger partial charge in [0.25, 0.3) is 0 Å². The molecule has 0 atom stereocenters. The number of aromatic nitrogens is 1. The molecule has 0 radical (unpaired) electrons. The lowest BCUT2D eigenvalue weighted by molar-refractivity contribution is 0.842. The summed E-state index contributed by atoms with van der Waals surface area (Å²) in [5.74, 6) is 0. The minimum absolute atomic E-state index is 0.784. The van der Waals surface area contributed by atoms with Crippen LogP contribution in [0.25, 0.3) is 0 Å². The van der Waals surface area contributed by atoms with Crippen molar-refractivity contribution in [2.24, 2.45) is 7.05 Å². The topological polar surface area (TPSA) is 43.0 Å². The van der Waals surface area contributed by atoms with Crippen LogP contribution in [-0.2, 0) is 13.6 Å². The van der Waals surface area contributed by atoms with Crippen LogP contribution in [-0.4, -0.2) is 4.57 Å². The highest BCUT2D eigenvalue weighted by Gasteiger charge is 1.99. The highest BCUT2D eigenvalue weighted by atomic mass is 15.0. The van der Waals surface area contributed by atoms with Gasteiger partial charge in [0, 0.05) is 18.9 Å². The van der Waals surface area contributed by atoms with Crippen molar-refractivity contribution in [2.75, 3.05) is 11.1 Å². The molecule has 0 fully saturated rings. The van der Waals surface area contributed by atoms with Gasteiger partial charge in [-0.15, -0.1) is 0 Å². The molecule has 3 nitrogen and oxygen atoms in total. The van der Waals surface area contributed by atoms with E-state index in [2.05, 4.69) is 16.0 Å². The highest BCUT2D eigenvalue weighted by molar-refractivity contribution is 5.65. The molecule has 0 saturated carbocycles. The van der Waals surface area contributed by atoms with E-state index in [1.807, 2.05) is 43.6 Å². The van der Waals surface area contributed by atoms with Gasteiger partial charge in [-0.25, -0.2) is 0 Å². The molecule has 2 rings (SSSR count). The van der Waals surface area contributed by atoms with E-state index in [-0.39, 0.29) is 0 Å². The number of hydrogen-bond acceptors (Lipinski definition) is 2. The van der Waals surface area contributed by atoms with Crippen molar-refractivity contribution >= 4 is 11.4 Å². The van der Waals surface area contributed by atoms with Crippen molar-refractivity contribution in [1.82, 2.24) is 4.57 Å². The van der Waals surface area contributed by atoms with Gasteiger partial charge >= 0.3 is 0 Å². The first-order chi connectivity index (χ1) is 7.27. The Morgan fingerprint density at radius 3 is 2.67 bits per heavy atom. The van der Waals surface area contributed by atoms with Gasteiger partial charge in [-0.3, -0.25) is 0 Å². The molecule has 0 aliphatic rings. The van der Waals surface area contributed by atoms with Gasteiger partial charge in [-0.05, 0) is 24.3 Å². The van der Waals surface area contributed by atoms with E-state index in [9.17, 15) is 0 Å². The number of para-hydroxylation sites is 2. The molecule has 1 aromatic heterocycles. The van der Waals surface area contributed by atoms with Gasteiger partial charge in [-0.2, -0.15) is 0 Å². The third kappa shape index (κ3) is 2.13. The zero-order valence-electron chi connectivity index (χ0n) is 8.77. The molecule has 0 aliphatic carbocycles. The Hall–Kier alpha value is -1.90. The smallest absolute Gasteiger partial charge is 0.0577 e. The van der Waals surface area contributed by atoms with Crippen LogP contribution < -0.4 is 11.1 Å². The number of anilines is 2. The molecule has 1 aromatic carbocycles. The summed E-state index contributed by atoms with van der Waals surface area (Å²) in [6.07, 6.45) is 2.03. The lowest BCUT2D eigenvalue weighted by Gasteiger charge is -2.09. The van der Waals surface area contributed by atoms with E-state index in [1.54, 1.807) is 0 Å². The van der Waals surface area contributed by atoms with Crippen LogP contribution in [0.2, 0.25) is 0 Å². The maximum absolute atomic E-state index is 5.83. The van der Waals surface area contributed by atoms with Gasteiger partial charge in [0.1, 0.15) is 0 Å². The summed E-state index contributed by atoms with van der Waals surface area (Å²) in [7, 11) is 2.03. The molecule has 0 bridgehead atoms. The van der Waals surface area contributed by atoms with Crippen LogP contribution in [0.5, 0.6) is 0 Å². The minimum Gasteiger partial charge on any atom is -0.397 e. The predicted molar refractivity (Wildman–Crippen MR) is 63.6 cm³/mol. The first-order valence-corrected chi connectivity index (χ1v) is 4.96. The highest BCUT2D eigenvalue weighted by Crippen LogP contribution is 2.17. The van der Waals surface area contributed by atoms with E-state index in [0.717, 1.165) is 17.9 Å². The van der Waals surface area contributed by atoms with Crippen molar-refractivity contribution in [3.63, 3.8) is 0 Å². The average Bonchev–Trinajstić information content (AvgIpc) is 2.63. The molecule has 0 amide bonds. The maximum Gasteiger partial charge on any atom is 0.0577 e. The summed E-state index contributed by atoms with van der Waals surface area (Å²) in [6.45, 7) is 0.789. The maximum atomic E-state index is 5.83. The van der Waals surface area contributed by atoms with Gasteiger partial charge < -0.3 is 15.6 Å². The molecule has 0 spiro atoms. The molecular formula is C12H15N3. The summed E-state index contributed by atoms with van der Waals surface area (Å²) in [6, 6.07) is 11.9. The number of nitrogens with two attached hydrogens (primary N) is 1. The van der Waals surface area contributed by atoms with Gasteiger partial charge in [0.2, 0.25) is 0 Å². The Kier molecular flexibility index (Phi) is 2.63. The minimum atomic E-state index is 0.784. The quantitative estimate of drug-likeness (QED) is 0.748. The summed E-state index contributed by atoms with van der Waals surface area (Å²) in [5.41, 5.74) is 8.83. The number of aryl methyl sites for hydroxylation is 1. The Labute approximate surface area is 89.5 Å². The van der Waals surface area contributed by atoms with Crippen molar-refractivity contribution in [3.8, 4) is 0 Å². The molecule has 0 unspecified atom stereocenters. The molecule has 1 heterocycles. The second-order valence-electron chi connectivity index (χ2n) is 3.55. The molecule has 0 saturated heterocycles. The average molecular weight is 201 g/mol. The van der Waals surface area contributed by atoms with E-state index >= 15 is 0 Å². The largest absolute Gasteiger partial charge is 0.397 e. The number of nitrogens with one attached hydrogen (secondary N) is 1. The number of rotatable bonds is 3. The van der Waals surface area contributed by atoms with E-state index in [1.165, 1.54) is 5.69 Å². The Balaban J connectivity index is 2.06. The van der Waals surface area contributed by atoms with Gasteiger partial charge in [0.15, 0.2) is 0 Å². The Morgan fingerprint density at radius 1 is 1.20 bits per heavy atom. The SMILES string of the molecule is Cn1cccc1CNc1ccccc1N. The number of hydrogen-bond donors (Lipinski definition) is 2. The molecule has 0 aliphatic heterocycles. The first-order valence-electron chi connectivity index (χ1n) is 4.96. The standard InChI is InChI=1S/C12H15N3/c1-15-8-4-5-10(15)9-14-12-7-3-2-6-11(12)13/h2-8,14H,9,13H2,1H3. The van der Waals surface area contributed by atoms with E-state index in [4.69, 9.17) is 5.73 Å². The molecule has 15 heavy (non-hydrogen) atoms. The third-order valence-corrected chi connectivity index (χ3v) is 2.47. The Bertz CT molecular complexity index is 446. The summed E-state index contributed by atoms with van der Waals surface area (Å²) >= 11 is 0. The van der Waals surface area contributed by atoms with E-state index < -0.39 is 0 Å². The summed E-state index contributed by atoms with van der Waals surface area (Å²) in [4.78, 5) is 0. The lowest BCUT2D eigenvalue weighted by Crippen LogP contribution is -2.05. The molecule has 3 heteroatoms. The summed E-state index contributed by atoms with van der Waals surface area (Å²) < 4.78 is 2.09. The number of nitrogen functional groups attached to an aromatic ring is 1. The molecular weight excluding hydrogens is 186 g/mol. The van der Waals surface area contributed by atoms with Crippen LogP contribution >= 0.6 is 0 Å². The number of benzene rings is 1. The second-order valence-corrected chi connectivity index (χ2v) is 3.55. The van der Waals surface area contributed by atoms with Crippen molar-refractivity contribution < 1.29 is 0 Å². The third-order valence-electron chi connectivity index (χ3n) is 2.47. The second kappa shape index (κ2) is 4.09. The van der Waals surface area contributed by atoms with Crippen LogP contribution in [0.4, 0.5) is 11.4 Å². The number of nitrogens with zero attached hydrogens (tertiary/aromatic N) is 1. The normalized spacial score (nSPS) is 10.2. The molecule has 78 valence electrons. The Morgan fingerprint density at radius 2 is 2.00 bits per heavy atom. The fourth-order valence-corrected chi connectivity index (χ4v) is 1.52. The van der Waals surface area contributed by atoms with Crippen molar-refractivity contribution in [3.05, 3.63) is 48.3 Å². The van der Waals surface area contributed by atoms with Crippen LogP contribution in [0, 0.1) is 0 Å².